The molecule has 0 aliphatic carbocycles. The van der Waals surface area contributed by atoms with Crippen molar-refractivity contribution in [3.05, 3.63) is 29.3 Å². The summed E-state index contributed by atoms with van der Waals surface area (Å²) in [6.45, 7) is 4.33. The monoisotopic (exact) mass is 356 g/mol. The molecule has 0 radical (unpaired) electrons. The molecule has 4 rings (SSSR count). The first-order valence-corrected chi connectivity index (χ1v) is 8.62. The van der Waals surface area contributed by atoms with Crippen molar-refractivity contribution in [2.45, 2.75) is 37.6 Å². The molecule has 2 fully saturated rings. The van der Waals surface area contributed by atoms with E-state index in [1.54, 1.807) is 23.1 Å². The average molecular weight is 356 g/mol. The number of rotatable bonds is 1. The number of imide groups is 1. The molecule has 3 N–H and O–H groups in total. The van der Waals surface area contributed by atoms with Crippen molar-refractivity contribution in [3.8, 4) is 0 Å². The van der Waals surface area contributed by atoms with E-state index in [0.717, 1.165) is 5.56 Å². The highest BCUT2D eigenvalue weighted by atomic mass is 16.2. The van der Waals surface area contributed by atoms with Crippen molar-refractivity contribution >= 4 is 29.4 Å². The summed E-state index contributed by atoms with van der Waals surface area (Å²) in [6, 6.07) is 4.66. The number of fused-ring (bicyclic) bond motifs is 1. The Labute approximate surface area is 150 Å². The van der Waals surface area contributed by atoms with E-state index in [4.69, 9.17) is 0 Å². The van der Waals surface area contributed by atoms with Crippen LogP contribution in [0, 0.1) is 0 Å². The van der Waals surface area contributed by atoms with Gasteiger partial charge in [-0.2, -0.15) is 0 Å². The Morgan fingerprint density at radius 2 is 1.88 bits per heavy atom. The van der Waals surface area contributed by atoms with Gasteiger partial charge in [0.05, 0.1) is 12.0 Å². The molecule has 26 heavy (non-hydrogen) atoms. The Kier molecular flexibility index (Phi) is 3.37. The maximum Gasteiger partial charge on any atom is 0.322 e. The highest BCUT2D eigenvalue weighted by Crippen LogP contribution is 2.38. The van der Waals surface area contributed by atoms with Crippen LogP contribution in [-0.4, -0.2) is 47.3 Å². The van der Waals surface area contributed by atoms with Gasteiger partial charge in [0.15, 0.2) is 0 Å². The summed E-state index contributed by atoms with van der Waals surface area (Å²) < 4.78 is 0. The van der Waals surface area contributed by atoms with Crippen LogP contribution in [0.4, 0.5) is 10.5 Å². The van der Waals surface area contributed by atoms with Crippen molar-refractivity contribution in [3.63, 3.8) is 0 Å². The summed E-state index contributed by atoms with van der Waals surface area (Å²) in [5.41, 5.74) is 0.278. The Hall–Kier alpha value is -2.90. The molecule has 3 aliphatic rings. The van der Waals surface area contributed by atoms with E-state index < -0.39 is 17.0 Å². The number of piperidine rings is 1. The molecule has 0 aromatic heterocycles. The lowest BCUT2D eigenvalue weighted by molar-refractivity contribution is -0.125. The second-order valence-electron chi connectivity index (χ2n) is 7.66. The standard InChI is InChI=1S/C18H20N4O4/c1-17(2)11-5-4-10(8-12(11)19-14(17)24)13(23)22-7-3-6-18(9-22)15(25)20-16(26)21-18/h4-5,8H,3,6-7,9H2,1-2H3,(H,19,24)(H2,20,21,25,26). The predicted octanol–water partition coefficient (Wildman–Crippen LogP) is 0.731. The zero-order valence-electron chi connectivity index (χ0n) is 14.6. The SMILES string of the molecule is CC1(C)C(=O)Nc2cc(C(=O)N3CCCC4(C3)NC(=O)NC4=O)ccc21. The molecule has 3 aliphatic heterocycles. The lowest BCUT2D eigenvalue weighted by Gasteiger charge is -2.38. The Morgan fingerprint density at radius 1 is 1.12 bits per heavy atom. The van der Waals surface area contributed by atoms with Crippen LogP contribution in [0.3, 0.4) is 0 Å². The van der Waals surface area contributed by atoms with Gasteiger partial charge in [0.2, 0.25) is 5.91 Å². The third-order valence-corrected chi connectivity index (χ3v) is 5.55. The van der Waals surface area contributed by atoms with E-state index in [9.17, 15) is 19.2 Å². The quantitative estimate of drug-likeness (QED) is 0.645. The van der Waals surface area contributed by atoms with Gasteiger partial charge in [0.1, 0.15) is 5.54 Å². The number of nitrogens with zero attached hydrogens (tertiary/aromatic N) is 1. The maximum absolute atomic E-state index is 12.9. The molecule has 1 aromatic carbocycles. The summed E-state index contributed by atoms with van der Waals surface area (Å²) in [5.74, 6) is -0.706. The van der Waals surface area contributed by atoms with Crippen molar-refractivity contribution in [1.82, 2.24) is 15.5 Å². The summed E-state index contributed by atoms with van der Waals surface area (Å²) in [6.07, 6.45) is 1.12. The largest absolute Gasteiger partial charge is 0.336 e. The number of hydrogen-bond donors (Lipinski definition) is 3. The van der Waals surface area contributed by atoms with E-state index in [-0.39, 0.29) is 24.3 Å². The lowest BCUT2D eigenvalue weighted by Crippen LogP contribution is -2.59. The van der Waals surface area contributed by atoms with Crippen LogP contribution in [-0.2, 0) is 15.0 Å². The van der Waals surface area contributed by atoms with Crippen LogP contribution in [0.15, 0.2) is 18.2 Å². The molecule has 1 atom stereocenters. The van der Waals surface area contributed by atoms with Crippen LogP contribution in [0.1, 0.15) is 42.6 Å². The number of anilines is 1. The minimum absolute atomic E-state index is 0.0978. The van der Waals surface area contributed by atoms with E-state index in [1.807, 2.05) is 13.8 Å². The second-order valence-corrected chi connectivity index (χ2v) is 7.66. The van der Waals surface area contributed by atoms with Crippen LogP contribution in [0.5, 0.6) is 0 Å². The fourth-order valence-corrected chi connectivity index (χ4v) is 3.95. The molecular weight excluding hydrogens is 336 g/mol. The number of benzene rings is 1. The van der Waals surface area contributed by atoms with Crippen LogP contribution < -0.4 is 16.0 Å². The third kappa shape index (κ3) is 2.28. The average Bonchev–Trinajstić information content (AvgIpc) is 2.99. The highest BCUT2D eigenvalue weighted by molar-refractivity contribution is 6.09. The molecule has 8 heteroatoms. The summed E-state index contributed by atoms with van der Waals surface area (Å²) in [5, 5.41) is 7.73. The third-order valence-electron chi connectivity index (χ3n) is 5.55. The minimum Gasteiger partial charge on any atom is -0.336 e. The molecular formula is C18H20N4O4. The molecule has 2 saturated heterocycles. The summed E-state index contributed by atoms with van der Waals surface area (Å²) in [7, 11) is 0. The van der Waals surface area contributed by atoms with Crippen molar-refractivity contribution in [2.75, 3.05) is 18.4 Å². The zero-order chi connectivity index (χ0) is 18.7. The first-order valence-electron chi connectivity index (χ1n) is 8.62. The van der Waals surface area contributed by atoms with Crippen molar-refractivity contribution < 1.29 is 19.2 Å². The lowest BCUT2D eigenvalue weighted by atomic mass is 9.85. The number of amides is 5. The molecule has 3 heterocycles. The van der Waals surface area contributed by atoms with E-state index in [2.05, 4.69) is 16.0 Å². The number of urea groups is 1. The van der Waals surface area contributed by atoms with Gasteiger partial charge >= 0.3 is 6.03 Å². The minimum atomic E-state index is -1.04. The fraction of sp³-hybridized carbons (Fsp3) is 0.444. The van der Waals surface area contributed by atoms with Gasteiger partial charge in [-0.1, -0.05) is 6.07 Å². The Morgan fingerprint density at radius 3 is 2.58 bits per heavy atom. The number of carbonyl (C=O) groups is 4. The Balaban J connectivity index is 1.59. The van der Waals surface area contributed by atoms with Crippen LogP contribution >= 0.6 is 0 Å². The van der Waals surface area contributed by atoms with Gasteiger partial charge in [-0.25, -0.2) is 4.79 Å². The van der Waals surface area contributed by atoms with Gasteiger partial charge in [0, 0.05) is 17.8 Å². The van der Waals surface area contributed by atoms with Gasteiger partial charge in [0.25, 0.3) is 11.8 Å². The molecule has 136 valence electrons. The van der Waals surface area contributed by atoms with E-state index in [0.29, 0.717) is 30.6 Å². The van der Waals surface area contributed by atoms with E-state index >= 15 is 0 Å². The van der Waals surface area contributed by atoms with Crippen LogP contribution in [0.25, 0.3) is 0 Å². The topological polar surface area (TPSA) is 108 Å². The molecule has 1 unspecified atom stereocenters. The predicted molar refractivity (Wildman–Crippen MR) is 92.6 cm³/mol. The molecule has 0 saturated carbocycles. The summed E-state index contributed by atoms with van der Waals surface area (Å²) in [4.78, 5) is 50.3. The number of carbonyl (C=O) groups excluding carboxylic acids is 4. The fourth-order valence-electron chi connectivity index (χ4n) is 3.95. The number of likely N-dealkylation sites (tertiary alicyclic amines) is 1. The maximum atomic E-state index is 12.9. The van der Waals surface area contributed by atoms with Gasteiger partial charge in [-0.05, 0) is 44.4 Å². The van der Waals surface area contributed by atoms with Crippen molar-refractivity contribution in [1.29, 1.82) is 0 Å². The van der Waals surface area contributed by atoms with Crippen molar-refractivity contribution in [2.24, 2.45) is 0 Å². The number of nitrogens with one attached hydrogen (secondary N) is 3. The molecule has 5 amide bonds. The zero-order valence-corrected chi connectivity index (χ0v) is 14.6. The molecule has 1 spiro atoms. The van der Waals surface area contributed by atoms with Gasteiger partial charge in [-0.3, -0.25) is 19.7 Å². The second kappa shape index (κ2) is 5.30. The Bertz CT molecular complexity index is 863. The van der Waals surface area contributed by atoms with Gasteiger partial charge < -0.3 is 15.5 Å². The van der Waals surface area contributed by atoms with E-state index in [1.165, 1.54) is 0 Å². The highest BCUT2D eigenvalue weighted by Gasteiger charge is 2.49. The normalized spacial score (nSPS) is 26.4. The van der Waals surface area contributed by atoms with Gasteiger partial charge in [-0.15, -0.1) is 0 Å². The number of hydrogen-bond acceptors (Lipinski definition) is 4. The first-order chi connectivity index (χ1) is 12.2. The smallest absolute Gasteiger partial charge is 0.322 e. The molecule has 0 bridgehead atoms. The first kappa shape index (κ1) is 16.6. The van der Waals surface area contributed by atoms with Crippen LogP contribution in [0.2, 0.25) is 0 Å². The molecule has 1 aromatic rings. The summed E-state index contributed by atoms with van der Waals surface area (Å²) >= 11 is 0. The molecule has 8 nitrogen and oxygen atoms in total.